The number of likely N-dealkylation sites (tertiary alicyclic amines) is 1. The Kier molecular flexibility index (Phi) is 3.39. The Labute approximate surface area is 97.8 Å². The van der Waals surface area contributed by atoms with E-state index in [2.05, 4.69) is 0 Å². The molecule has 0 aromatic carbocycles. The number of aliphatic hydroxyl groups excluding tert-OH is 1. The van der Waals surface area contributed by atoms with E-state index < -0.39 is 18.1 Å². The molecular weight excluding hydrogens is 230 g/mol. The summed E-state index contributed by atoms with van der Waals surface area (Å²) in [6.07, 6.45) is 1.28. The van der Waals surface area contributed by atoms with Gasteiger partial charge >= 0.3 is 5.97 Å². The standard InChI is InChI=1S/C10H15NO4S/c12-6-4-7(10(14)15)11(5-6)9(13)8-2-1-3-16-8/h6-8,12H,1-5H2,(H,14,15)/t6-,7-,8?/m0/s1. The second-order valence-corrected chi connectivity index (χ2v) is 5.55. The normalized spacial score (nSPS) is 34.3. The lowest BCUT2D eigenvalue weighted by molar-refractivity contribution is -0.148. The number of rotatable bonds is 2. The molecule has 5 nitrogen and oxygen atoms in total. The van der Waals surface area contributed by atoms with Gasteiger partial charge in [0.1, 0.15) is 6.04 Å². The Bertz CT molecular complexity index is 303. The fraction of sp³-hybridized carbons (Fsp3) is 0.800. The smallest absolute Gasteiger partial charge is 0.326 e. The van der Waals surface area contributed by atoms with Crippen LogP contribution in [0.15, 0.2) is 0 Å². The van der Waals surface area contributed by atoms with Crippen molar-refractivity contribution in [1.82, 2.24) is 4.90 Å². The Morgan fingerprint density at radius 1 is 1.38 bits per heavy atom. The zero-order valence-corrected chi connectivity index (χ0v) is 9.65. The molecule has 6 heteroatoms. The molecule has 2 rings (SSSR count). The largest absolute Gasteiger partial charge is 0.480 e. The molecule has 1 unspecified atom stereocenters. The molecule has 0 saturated carbocycles. The zero-order chi connectivity index (χ0) is 11.7. The summed E-state index contributed by atoms with van der Waals surface area (Å²) in [6, 6.07) is -0.844. The average molecular weight is 245 g/mol. The molecule has 2 aliphatic heterocycles. The zero-order valence-electron chi connectivity index (χ0n) is 8.83. The van der Waals surface area contributed by atoms with Crippen molar-refractivity contribution in [1.29, 1.82) is 0 Å². The van der Waals surface area contributed by atoms with Crippen molar-refractivity contribution in [3.05, 3.63) is 0 Å². The monoisotopic (exact) mass is 245 g/mol. The lowest BCUT2D eigenvalue weighted by Gasteiger charge is -2.23. The summed E-state index contributed by atoms with van der Waals surface area (Å²) in [5.41, 5.74) is 0. The average Bonchev–Trinajstić information content (AvgIpc) is 2.84. The number of carbonyl (C=O) groups is 2. The second-order valence-electron chi connectivity index (χ2n) is 4.24. The van der Waals surface area contributed by atoms with Crippen LogP contribution >= 0.6 is 11.8 Å². The number of aliphatic carboxylic acids is 1. The molecule has 90 valence electrons. The van der Waals surface area contributed by atoms with Crippen molar-refractivity contribution < 1.29 is 19.8 Å². The van der Waals surface area contributed by atoms with Gasteiger partial charge in [0.25, 0.3) is 0 Å². The van der Waals surface area contributed by atoms with Crippen molar-refractivity contribution in [2.75, 3.05) is 12.3 Å². The highest BCUT2D eigenvalue weighted by Crippen LogP contribution is 2.30. The number of amides is 1. The minimum atomic E-state index is -1.02. The van der Waals surface area contributed by atoms with Crippen LogP contribution in [0, 0.1) is 0 Å². The number of carbonyl (C=O) groups excluding carboxylic acids is 1. The van der Waals surface area contributed by atoms with Crippen molar-refractivity contribution in [2.24, 2.45) is 0 Å². The van der Waals surface area contributed by atoms with E-state index in [9.17, 15) is 14.7 Å². The Hall–Kier alpha value is -0.750. The van der Waals surface area contributed by atoms with E-state index in [0.29, 0.717) is 0 Å². The minimum absolute atomic E-state index is 0.104. The summed E-state index contributed by atoms with van der Waals surface area (Å²) in [4.78, 5) is 24.3. The summed E-state index contributed by atoms with van der Waals surface area (Å²) in [5, 5.41) is 18.3. The first-order valence-electron chi connectivity index (χ1n) is 5.42. The number of β-amino-alcohol motifs (C(OH)–C–C–N with tert-alkyl or cyclic N) is 1. The summed E-state index contributed by atoms with van der Waals surface area (Å²) in [6.45, 7) is 0.160. The molecular formula is C10H15NO4S. The molecule has 2 heterocycles. The predicted octanol–water partition coefficient (Wildman–Crippen LogP) is -0.0716. The van der Waals surface area contributed by atoms with E-state index in [1.165, 1.54) is 4.90 Å². The van der Waals surface area contributed by atoms with Crippen LogP contribution in [-0.2, 0) is 9.59 Å². The molecule has 0 bridgehead atoms. The second kappa shape index (κ2) is 4.63. The third kappa shape index (κ3) is 2.17. The first-order valence-corrected chi connectivity index (χ1v) is 6.47. The molecule has 0 radical (unpaired) electrons. The van der Waals surface area contributed by atoms with Crippen LogP contribution in [0.2, 0.25) is 0 Å². The Morgan fingerprint density at radius 2 is 2.12 bits per heavy atom. The van der Waals surface area contributed by atoms with Crippen molar-refractivity contribution in [3.8, 4) is 0 Å². The minimum Gasteiger partial charge on any atom is -0.480 e. The van der Waals surface area contributed by atoms with Gasteiger partial charge in [-0.15, -0.1) is 11.8 Å². The number of carboxylic acid groups (broad SMARTS) is 1. The summed E-state index contributed by atoms with van der Waals surface area (Å²) >= 11 is 1.59. The highest BCUT2D eigenvalue weighted by atomic mass is 32.2. The summed E-state index contributed by atoms with van der Waals surface area (Å²) in [5.74, 6) is -0.177. The molecule has 3 atom stereocenters. The van der Waals surface area contributed by atoms with Gasteiger partial charge in [0, 0.05) is 13.0 Å². The maximum absolute atomic E-state index is 12.0. The third-order valence-electron chi connectivity index (χ3n) is 3.05. The van der Waals surface area contributed by atoms with Crippen LogP contribution in [0.25, 0.3) is 0 Å². The molecule has 0 aliphatic carbocycles. The first-order chi connectivity index (χ1) is 7.59. The summed E-state index contributed by atoms with van der Waals surface area (Å²) < 4.78 is 0. The molecule has 0 aromatic heterocycles. The van der Waals surface area contributed by atoms with Gasteiger partial charge in [-0.1, -0.05) is 0 Å². The van der Waals surface area contributed by atoms with E-state index in [-0.39, 0.29) is 24.1 Å². The van der Waals surface area contributed by atoms with Crippen LogP contribution in [0.3, 0.4) is 0 Å². The van der Waals surface area contributed by atoms with E-state index in [0.717, 1.165) is 18.6 Å². The summed E-state index contributed by atoms with van der Waals surface area (Å²) in [7, 11) is 0. The van der Waals surface area contributed by atoms with E-state index >= 15 is 0 Å². The van der Waals surface area contributed by atoms with Crippen LogP contribution < -0.4 is 0 Å². The van der Waals surface area contributed by atoms with Gasteiger partial charge in [-0.05, 0) is 18.6 Å². The number of aliphatic hydroxyl groups is 1. The Morgan fingerprint density at radius 3 is 2.69 bits per heavy atom. The number of nitrogens with zero attached hydrogens (tertiary/aromatic N) is 1. The number of hydrogen-bond acceptors (Lipinski definition) is 4. The number of thioether (sulfide) groups is 1. The third-order valence-corrected chi connectivity index (χ3v) is 4.42. The maximum atomic E-state index is 12.0. The lowest BCUT2D eigenvalue weighted by atomic mass is 10.2. The quantitative estimate of drug-likeness (QED) is 0.712. The van der Waals surface area contributed by atoms with Gasteiger partial charge in [-0.2, -0.15) is 0 Å². The van der Waals surface area contributed by atoms with Crippen molar-refractivity contribution in [2.45, 2.75) is 36.7 Å². The lowest BCUT2D eigenvalue weighted by Crippen LogP contribution is -2.44. The van der Waals surface area contributed by atoms with Crippen LogP contribution in [0.4, 0.5) is 0 Å². The van der Waals surface area contributed by atoms with Gasteiger partial charge in [-0.25, -0.2) is 4.79 Å². The molecule has 2 saturated heterocycles. The van der Waals surface area contributed by atoms with Gasteiger partial charge in [-0.3, -0.25) is 4.79 Å². The number of hydrogen-bond donors (Lipinski definition) is 2. The fourth-order valence-corrected chi connectivity index (χ4v) is 3.48. The molecule has 2 aliphatic rings. The molecule has 16 heavy (non-hydrogen) atoms. The van der Waals surface area contributed by atoms with Crippen molar-refractivity contribution >= 4 is 23.6 Å². The van der Waals surface area contributed by atoms with Crippen LogP contribution in [0.1, 0.15) is 19.3 Å². The van der Waals surface area contributed by atoms with Gasteiger partial charge in [0.2, 0.25) is 5.91 Å². The molecule has 1 amide bonds. The van der Waals surface area contributed by atoms with E-state index in [1.54, 1.807) is 11.8 Å². The molecule has 0 aromatic rings. The first kappa shape index (κ1) is 11.7. The van der Waals surface area contributed by atoms with E-state index in [1.807, 2.05) is 0 Å². The topological polar surface area (TPSA) is 77.8 Å². The van der Waals surface area contributed by atoms with Crippen LogP contribution in [-0.4, -0.2) is 56.7 Å². The van der Waals surface area contributed by atoms with Gasteiger partial charge in [0.15, 0.2) is 0 Å². The van der Waals surface area contributed by atoms with Crippen molar-refractivity contribution in [3.63, 3.8) is 0 Å². The highest BCUT2D eigenvalue weighted by molar-refractivity contribution is 8.00. The maximum Gasteiger partial charge on any atom is 0.326 e. The molecule has 2 fully saturated rings. The van der Waals surface area contributed by atoms with Gasteiger partial charge < -0.3 is 15.1 Å². The fourth-order valence-electron chi connectivity index (χ4n) is 2.25. The van der Waals surface area contributed by atoms with Crippen LogP contribution in [0.5, 0.6) is 0 Å². The Balaban J connectivity index is 2.06. The van der Waals surface area contributed by atoms with E-state index in [4.69, 9.17) is 5.11 Å². The molecule has 0 spiro atoms. The van der Waals surface area contributed by atoms with Gasteiger partial charge in [0.05, 0.1) is 11.4 Å². The number of carboxylic acids is 1. The highest BCUT2D eigenvalue weighted by Gasteiger charge is 2.41. The molecule has 2 N–H and O–H groups in total. The predicted molar refractivity (Wildman–Crippen MR) is 59.2 cm³/mol. The SMILES string of the molecule is O=C(O)[C@@H]1C[C@H](O)CN1C(=O)C1CCCS1.